The Morgan fingerprint density at radius 2 is 2.15 bits per heavy atom. The van der Waals surface area contributed by atoms with E-state index in [1.54, 1.807) is 24.5 Å². The zero-order valence-electron chi connectivity index (χ0n) is 14.2. The van der Waals surface area contributed by atoms with Crippen molar-refractivity contribution in [3.8, 4) is 11.4 Å². The molecular weight excluding hydrogens is 369 g/mol. The van der Waals surface area contributed by atoms with Crippen LogP contribution < -0.4 is 10.6 Å². The highest BCUT2D eigenvalue weighted by Crippen LogP contribution is 2.26. The molecule has 0 atom stereocenters. The van der Waals surface area contributed by atoms with E-state index in [0.717, 1.165) is 11.1 Å². The summed E-state index contributed by atoms with van der Waals surface area (Å²) in [5.41, 5.74) is 2.54. The first-order chi connectivity index (χ1) is 13.1. The van der Waals surface area contributed by atoms with Crippen molar-refractivity contribution in [2.24, 2.45) is 0 Å². The van der Waals surface area contributed by atoms with Crippen LogP contribution in [0.4, 0.5) is 10.2 Å². The number of aromatic nitrogens is 3. The Labute approximate surface area is 159 Å². The van der Waals surface area contributed by atoms with Gasteiger partial charge in [-0.05, 0) is 36.2 Å². The van der Waals surface area contributed by atoms with E-state index in [9.17, 15) is 9.18 Å². The predicted octanol–water partition coefficient (Wildman–Crippen LogP) is 3.23. The van der Waals surface area contributed by atoms with Crippen molar-refractivity contribution in [3.05, 3.63) is 70.4 Å². The number of amides is 1. The number of carbonyl (C=O) groups excluding carboxylic acids is 1. The van der Waals surface area contributed by atoms with Crippen LogP contribution in [0.3, 0.4) is 0 Å². The monoisotopic (exact) mass is 383 g/mol. The predicted molar refractivity (Wildman–Crippen MR) is 100 cm³/mol. The van der Waals surface area contributed by atoms with Crippen LogP contribution >= 0.6 is 11.6 Å². The first-order valence-electron chi connectivity index (χ1n) is 8.39. The largest absolute Gasteiger partial charge is 0.366 e. The third kappa shape index (κ3) is 3.59. The van der Waals surface area contributed by atoms with Crippen molar-refractivity contribution in [2.45, 2.75) is 13.0 Å². The molecule has 0 aliphatic carbocycles. The van der Waals surface area contributed by atoms with Gasteiger partial charge in [-0.25, -0.2) is 14.4 Å². The molecule has 0 fully saturated rings. The van der Waals surface area contributed by atoms with E-state index in [4.69, 9.17) is 11.6 Å². The summed E-state index contributed by atoms with van der Waals surface area (Å²) in [6.07, 6.45) is 3.92. The minimum atomic E-state index is -0.390. The van der Waals surface area contributed by atoms with E-state index < -0.39 is 5.82 Å². The second-order valence-electron chi connectivity index (χ2n) is 6.06. The van der Waals surface area contributed by atoms with Gasteiger partial charge in [0.1, 0.15) is 17.3 Å². The SMILES string of the molecule is O=C1NCCc2c(NCc3ccc(F)cc3Cl)nc(-c3cccnc3)nc21. The lowest BCUT2D eigenvalue weighted by molar-refractivity contribution is 0.0940. The lowest BCUT2D eigenvalue weighted by atomic mass is 10.1. The minimum Gasteiger partial charge on any atom is -0.366 e. The molecule has 0 spiro atoms. The van der Waals surface area contributed by atoms with Crippen molar-refractivity contribution in [1.29, 1.82) is 0 Å². The van der Waals surface area contributed by atoms with Crippen LogP contribution in [0.1, 0.15) is 21.6 Å². The molecule has 0 saturated carbocycles. The van der Waals surface area contributed by atoms with Gasteiger partial charge in [0.2, 0.25) is 0 Å². The van der Waals surface area contributed by atoms with Gasteiger partial charge in [0.15, 0.2) is 5.82 Å². The van der Waals surface area contributed by atoms with Gasteiger partial charge in [0, 0.05) is 41.6 Å². The summed E-state index contributed by atoms with van der Waals surface area (Å²) >= 11 is 6.10. The number of nitrogens with one attached hydrogen (secondary N) is 2. The number of nitrogens with zero attached hydrogens (tertiary/aromatic N) is 3. The van der Waals surface area contributed by atoms with Crippen LogP contribution in [-0.2, 0) is 13.0 Å². The van der Waals surface area contributed by atoms with Gasteiger partial charge in [0.05, 0.1) is 0 Å². The van der Waals surface area contributed by atoms with Crippen LogP contribution in [0.2, 0.25) is 5.02 Å². The van der Waals surface area contributed by atoms with Gasteiger partial charge >= 0.3 is 0 Å². The zero-order chi connectivity index (χ0) is 18.8. The molecule has 1 aromatic carbocycles. The molecule has 3 heterocycles. The van der Waals surface area contributed by atoms with E-state index in [1.165, 1.54) is 12.1 Å². The highest BCUT2D eigenvalue weighted by atomic mass is 35.5. The molecular formula is C19H15ClFN5O. The maximum absolute atomic E-state index is 13.2. The molecule has 27 heavy (non-hydrogen) atoms. The molecule has 6 nitrogen and oxygen atoms in total. The second kappa shape index (κ2) is 7.28. The summed E-state index contributed by atoms with van der Waals surface area (Å²) < 4.78 is 13.2. The van der Waals surface area contributed by atoms with E-state index in [-0.39, 0.29) is 5.91 Å². The van der Waals surface area contributed by atoms with Gasteiger partial charge < -0.3 is 10.6 Å². The molecule has 136 valence electrons. The van der Waals surface area contributed by atoms with E-state index in [0.29, 0.717) is 47.4 Å². The molecule has 8 heteroatoms. The van der Waals surface area contributed by atoms with E-state index >= 15 is 0 Å². The van der Waals surface area contributed by atoms with Crippen molar-refractivity contribution in [2.75, 3.05) is 11.9 Å². The van der Waals surface area contributed by atoms with Crippen LogP contribution in [0.5, 0.6) is 0 Å². The molecule has 2 aromatic heterocycles. The molecule has 1 aliphatic rings. The topological polar surface area (TPSA) is 79.8 Å². The van der Waals surface area contributed by atoms with Gasteiger partial charge in [-0.1, -0.05) is 17.7 Å². The molecule has 0 saturated heterocycles. The number of anilines is 1. The third-order valence-corrected chi connectivity index (χ3v) is 4.62. The highest BCUT2D eigenvalue weighted by molar-refractivity contribution is 6.31. The van der Waals surface area contributed by atoms with Gasteiger partial charge in [-0.15, -0.1) is 0 Å². The second-order valence-corrected chi connectivity index (χ2v) is 6.47. The number of rotatable bonds is 4. The van der Waals surface area contributed by atoms with E-state index in [2.05, 4.69) is 25.6 Å². The quantitative estimate of drug-likeness (QED) is 0.723. The normalized spacial score (nSPS) is 13.0. The standard InChI is InChI=1S/C19H15ClFN5O/c20-15-8-13(21)4-3-11(15)10-24-18-14-5-7-23-19(27)16(14)25-17(26-18)12-2-1-6-22-9-12/h1-4,6,8-9H,5,7,10H2,(H,23,27)(H,24,25,26). The fourth-order valence-corrected chi connectivity index (χ4v) is 3.14. The number of benzene rings is 1. The van der Waals surface area contributed by atoms with Crippen LogP contribution in [0.15, 0.2) is 42.7 Å². The van der Waals surface area contributed by atoms with E-state index in [1.807, 2.05) is 6.07 Å². The van der Waals surface area contributed by atoms with Gasteiger partial charge in [-0.3, -0.25) is 9.78 Å². The molecule has 0 radical (unpaired) electrons. The van der Waals surface area contributed by atoms with Gasteiger partial charge in [0.25, 0.3) is 5.91 Å². The summed E-state index contributed by atoms with van der Waals surface area (Å²) in [4.78, 5) is 25.4. The first kappa shape index (κ1) is 17.4. The number of halogens is 2. The summed E-state index contributed by atoms with van der Waals surface area (Å²) in [7, 11) is 0. The summed E-state index contributed by atoms with van der Waals surface area (Å²) in [6, 6.07) is 7.85. The highest BCUT2D eigenvalue weighted by Gasteiger charge is 2.24. The number of fused-ring (bicyclic) bond motifs is 1. The number of hydrogen-bond acceptors (Lipinski definition) is 5. The van der Waals surface area contributed by atoms with Crippen molar-refractivity contribution >= 4 is 23.3 Å². The molecule has 4 rings (SSSR count). The average molecular weight is 384 g/mol. The van der Waals surface area contributed by atoms with Crippen molar-refractivity contribution in [3.63, 3.8) is 0 Å². The Kier molecular flexibility index (Phi) is 4.68. The lowest BCUT2D eigenvalue weighted by Gasteiger charge is -2.20. The van der Waals surface area contributed by atoms with Crippen LogP contribution in [-0.4, -0.2) is 27.4 Å². The maximum Gasteiger partial charge on any atom is 0.270 e. The Balaban J connectivity index is 1.72. The molecule has 3 aromatic rings. The van der Waals surface area contributed by atoms with Crippen LogP contribution in [0.25, 0.3) is 11.4 Å². The Bertz CT molecular complexity index is 1010. The Hall–Kier alpha value is -3.06. The summed E-state index contributed by atoms with van der Waals surface area (Å²) in [6.45, 7) is 0.865. The molecule has 1 aliphatic heterocycles. The summed E-state index contributed by atoms with van der Waals surface area (Å²) in [5, 5.41) is 6.35. The fourth-order valence-electron chi connectivity index (χ4n) is 2.91. The zero-order valence-corrected chi connectivity index (χ0v) is 14.9. The fraction of sp³-hybridized carbons (Fsp3) is 0.158. The lowest BCUT2D eigenvalue weighted by Crippen LogP contribution is -2.34. The first-order valence-corrected chi connectivity index (χ1v) is 8.77. The average Bonchev–Trinajstić information content (AvgIpc) is 2.68. The van der Waals surface area contributed by atoms with Gasteiger partial charge in [-0.2, -0.15) is 0 Å². The third-order valence-electron chi connectivity index (χ3n) is 4.26. The van der Waals surface area contributed by atoms with Crippen molar-refractivity contribution in [1.82, 2.24) is 20.3 Å². The molecule has 0 bridgehead atoms. The molecule has 1 amide bonds. The number of hydrogen-bond donors (Lipinski definition) is 2. The smallest absolute Gasteiger partial charge is 0.270 e. The number of pyridine rings is 1. The minimum absolute atomic E-state index is 0.230. The Morgan fingerprint density at radius 3 is 2.93 bits per heavy atom. The molecule has 0 unspecified atom stereocenters. The number of carbonyl (C=O) groups is 1. The molecule has 2 N–H and O–H groups in total. The maximum atomic E-state index is 13.2. The van der Waals surface area contributed by atoms with Crippen LogP contribution in [0, 0.1) is 5.82 Å². The summed E-state index contributed by atoms with van der Waals surface area (Å²) in [5.74, 6) is 0.353. The Morgan fingerprint density at radius 1 is 1.26 bits per heavy atom. The van der Waals surface area contributed by atoms with Crippen molar-refractivity contribution < 1.29 is 9.18 Å².